The number of hydrogen-bond acceptors (Lipinski definition) is 3. The summed E-state index contributed by atoms with van der Waals surface area (Å²) in [5.74, 6) is 3.94. The molecule has 1 aromatic rings. The first-order valence-corrected chi connectivity index (χ1v) is 9.22. The summed E-state index contributed by atoms with van der Waals surface area (Å²) < 4.78 is 2.29. The van der Waals surface area contributed by atoms with Gasteiger partial charge in [0.15, 0.2) is 11.8 Å². The molecule has 2 aliphatic rings. The van der Waals surface area contributed by atoms with Crippen LogP contribution in [0.5, 0.6) is 0 Å². The van der Waals surface area contributed by atoms with Crippen molar-refractivity contribution in [1.29, 1.82) is 0 Å². The Bertz CT molecular complexity index is 535. The SMILES string of the molecule is CCNC(=NCc1nnc2n1CCCCC2)N1CCCC(C)C1. The van der Waals surface area contributed by atoms with E-state index in [1.165, 1.54) is 32.1 Å². The largest absolute Gasteiger partial charge is 0.357 e. The molecule has 0 spiro atoms. The maximum absolute atomic E-state index is 4.86. The molecule has 128 valence electrons. The Morgan fingerprint density at radius 2 is 2.13 bits per heavy atom. The van der Waals surface area contributed by atoms with E-state index in [4.69, 9.17) is 4.99 Å². The summed E-state index contributed by atoms with van der Waals surface area (Å²) in [6.07, 6.45) is 7.39. The van der Waals surface area contributed by atoms with Crippen LogP contribution in [-0.4, -0.2) is 45.3 Å². The van der Waals surface area contributed by atoms with Crippen LogP contribution in [0.1, 0.15) is 57.6 Å². The molecule has 0 aliphatic carbocycles. The van der Waals surface area contributed by atoms with Gasteiger partial charge >= 0.3 is 0 Å². The quantitative estimate of drug-likeness (QED) is 0.686. The van der Waals surface area contributed by atoms with Crippen LogP contribution >= 0.6 is 0 Å². The lowest BCUT2D eigenvalue weighted by molar-refractivity contribution is 0.266. The lowest BCUT2D eigenvalue weighted by Crippen LogP contribution is -2.46. The van der Waals surface area contributed by atoms with Crippen LogP contribution in [0.3, 0.4) is 0 Å². The zero-order valence-corrected chi connectivity index (χ0v) is 14.6. The van der Waals surface area contributed by atoms with Crippen LogP contribution in [0, 0.1) is 5.92 Å². The van der Waals surface area contributed by atoms with Crippen LogP contribution in [-0.2, 0) is 19.5 Å². The molecule has 6 heteroatoms. The first-order chi connectivity index (χ1) is 11.3. The van der Waals surface area contributed by atoms with Crippen LogP contribution in [0.4, 0.5) is 0 Å². The van der Waals surface area contributed by atoms with Crippen molar-refractivity contribution in [3.63, 3.8) is 0 Å². The van der Waals surface area contributed by atoms with Gasteiger partial charge in [0.05, 0.1) is 0 Å². The Kier molecular flexibility index (Phi) is 5.51. The van der Waals surface area contributed by atoms with Crippen LogP contribution in [0.2, 0.25) is 0 Å². The van der Waals surface area contributed by atoms with Crippen molar-refractivity contribution in [3.05, 3.63) is 11.6 Å². The standard InChI is InChI=1S/C17H30N6/c1-3-18-17(22-10-7-8-14(2)13-22)19-12-16-21-20-15-9-5-4-6-11-23(15)16/h14H,3-13H2,1-2H3,(H,18,19). The van der Waals surface area contributed by atoms with E-state index in [9.17, 15) is 0 Å². The Labute approximate surface area is 139 Å². The molecule has 1 aromatic heterocycles. The molecule has 0 radical (unpaired) electrons. The van der Waals surface area contributed by atoms with Gasteiger partial charge in [-0.25, -0.2) is 4.99 Å². The first-order valence-electron chi connectivity index (χ1n) is 9.22. The summed E-state index contributed by atoms with van der Waals surface area (Å²) in [5, 5.41) is 12.2. The molecule has 23 heavy (non-hydrogen) atoms. The molecule has 0 amide bonds. The Balaban J connectivity index is 1.72. The number of likely N-dealkylation sites (tertiary alicyclic amines) is 1. The van der Waals surface area contributed by atoms with Crippen molar-refractivity contribution in [2.75, 3.05) is 19.6 Å². The molecular formula is C17H30N6. The van der Waals surface area contributed by atoms with E-state index in [0.29, 0.717) is 6.54 Å². The fraction of sp³-hybridized carbons (Fsp3) is 0.824. The van der Waals surface area contributed by atoms with Gasteiger partial charge in [-0.3, -0.25) is 0 Å². The van der Waals surface area contributed by atoms with Crippen molar-refractivity contribution in [2.24, 2.45) is 10.9 Å². The number of aromatic nitrogens is 3. The zero-order chi connectivity index (χ0) is 16.1. The molecule has 3 heterocycles. The topological polar surface area (TPSA) is 58.3 Å². The van der Waals surface area contributed by atoms with Gasteiger partial charge < -0.3 is 14.8 Å². The van der Waals surface area contributed by atoms with Gasteiger partial charge in [-0.05, 0) is 38.5 Å². The highest BCUT2D eigenvalue weighted by Gasteiger charge is 2.20. The minimum atomic E-state index is 0.625. The summed E-state index contributed by atoms with van der Waals surface area (Å²) in [6, 6.07) is 0. The molecule has 0 aromatic carbocycles. The van der Waals surface area contributed by atoms with Gasteiger partial charge in [-0.15, -0.1) is 10.2 Å². The Morgan fingerprint density at radius 1 is 1.22 bits per heavy atom. The first kappa shape index (κ1) is 16.3. The van der Waals surface area contributed by atoms with E-state index in [1.807, 2.05) is 0 Å². The van der Waals surface area contributed by atoms with Gasteiger partial charge in [-0.2, -0.15) is 0 Å². The Morgan fingerprint density at radius 3 is 2.96 bits per heavy atom. The molecule has 1 saturated heterocycles. The van der Waals surface area contributed by atoms with Gasteiger partial charge in [0, 0.05) is 32.6 Å². The zero-order valence-electron chi connectivity index (χ0n) is 14.6. The van der Waals surface area contributed by atoms with Crippen LogP contribution in [0.15, 0.2) is 4.99 Å². The smallest absolute Gasteiger partial charge is 0.194 e. The molecule has 0 bridgehead atoms. The highest BCUT2D eigenvalue weighted by molar-refractivity contribution is 5.80. The van der Waals surface area contributed by atoms with Crippen molar-refractivity contribution >= 4 is 5.96 Å². The maximum Gasteiger partial charge on any atom is 0.194 e. The third-order valence-electron chi connectivity index (χ3n) is 4.85. The summed E-state index contributed by atoms with van der Waals surface area (Å²) in [5.41, 5.74) is 0. The monoisotopic (exact) mass is 318 g/mol. The molecule has 6 nitrogen and oxygen atoms in total. The lowest BCUT2D eigenvalue weighted by atomic mass is 10.0. The fourth-order valence-corrected chi connectivity index (χ4v) is 3.62. The normalized spacial score (nSPS) is 22.6. The van der Waals surface area contributed by atoms with Gasteiger partial charge in [0.25, 0.3) is 0 Å². The number of aliphatic imine (C=N–C) groups is 1. The molecule has 1 fully saturated rings. The van der Waals surface area contributed by atoms with E-state index in [1.54, 1.807) is 0 Å². The average molecular weight is 318 g/mol. The third kappa shape index (κ3) is 4.03. The van der Waals surface area contributed by atoms with E-state index < -0.39 is 0 Å². The number of piperidine rings is 1. The molecule has 3 rings (SSSR count). The second kappa shape index (κ2) is 7.79. The van der Waals surface area contributed by atoms with Crippen molar-refractivity contribution in [2.45, 2.75) is 65.5 Å². The minimum absolute atomic E-state index is 0.625. The van der Waals surface area contributed by atoms with E-state index in [0.717, 1.165) is 56.1 Å². The highest BCUT2D eigenvalue weighted by atomic mass is 15.3. The number of nitrogens with one attached hydrogen (secondary N) is 1. The van der Waals surface area contributed by atoms with Gasteiger partial charge in [0.2, 0.25) is 0 Å². The number of nitrogens with zero attached hydrogens (tertiary/aromatic N) is 5. The predicted octanol–water partition coefficient (Wildman–Crippen LogP) is 2.20. The number of fused-ring (bicyclic) bond motifs is 1. The summed E-state index contributed by atoms with van der Waals surface area (Å²) in [7, 11) is 0. The molecule has 1 unspecified atom stereocenters. The number of guanidine groups is 1. The van der Waals surface area contributed by atoms with Gasteiger partial charge in [-0.1, -0.05) is 13.3 Å². The summed E-state index contributed by atoms with van der Waals surface area (Å²) in [4.78, 5) is 7.26. The summed E-state index contributed by atoms with van der Waals surface area (Å²) >= 11 is 0. The molecule has 1 atom stereocenters. The maximum atomic E-state index is 4.86. The number of rotatable bonds is 3. The van der Waals surface area contributed by atoms with E-state index >= 15 is 0 Å². The minimum Gasteiger partial charge on any atom is -0.357 e. The highest BCUT2D eigenvalue weighted by Crippen LogP contribution is 2.17. The lowest BCUT2D eigenvalue weighted by Gasteiger charge is -2.33. The van der Waals surface area contributed by atoms with Crippen molar-refractivity contribution in [3.8, 4) is 0 Å². The predicted molar refractivity (Wildman–Crippen MR) is 92.4 cm³/mol. The second-order valence-corrected chi connectivity index (χ2v) is 6.86. The summed E-state index contributed by atoms with van der Waals surface area (Å²) in [6.45, 7) is 9.24. The second-order valence-electron chi connectivity index (χ2n) is 6.86. The van der Waals surface area contributed by atoms with E-state index in [-0.39, 0.29) is 0 Å². The molecule has 1 N–H and O–H groups in total. The Hall–Kier alpha value is -1.59. The van der Waals surface area contributed by atoms with E-state index in [2.05, 4.69) is 38.8 Å². The van der Waals surface area contributed by atoms with Crippen LogP contribution < -0.4 is 5.32 Å². The molecular weight excluding hydrogens is 288 g/mol. The number of aryl methyl sites for hydroxylation is 1. The molecule has 2 aliphatic heterocycles. The average Bonchev–Trinajstić information content (AvgIpc) is 2.78. The number of hydrogen-bond donors (Lipinski definition) is 1. The third-order valence-corrected chi connectivity index (χ3v) is 4.85. The molecule has 0 saturated carbocycles. The fourth-order valence-electron chi connectivity index (χ4n) is 3.62. The van der Waals surface area contributed by atoms with Gasteiger partial charge in [0.1, 0.15) is 12.4 Å². The van der Waals surface area contributed by atoms with Crippen molar-refractivity contribution < 1.29 is 0 Å². The van der Waals surface area contributed by atoms with Crippen molar-refractivity contribution in [1.82, 2.24) is 25.0 Å². The van der Waals surface area contributed by atoms with Crippen LogP contribution in [0.25, 0.3) is 0 Å².